The number of rotatable bonds is 4. The number of nitrogens with zero attached hydrogens (tertiary/aromatic N) is 2. The smallest absolute Gasteiger partial charge is 0.271 e. The lowest BCUT2D eigenvalue weighted by molar-refractivity contribution is 0.0713. The Bertz CT molecular complexity index is 685. The van der Waals surface area contributed by atoms with E-state index in [-0.39, 0.29) is 30.0 Å². The lowest BCUT2D eigenvalue weighted by Gasteiger charge is -2.26. The van der Waals surface area contributed by atoms with Crippen molar-refractivity contribution in [2.45, 2.75) is 25.9 Å². The summed E-state index contributed by atoms with van der Waals surface area (Å²) >= 11 is 0. The SMILES string of the molecule is C#CCN(C(=O)c1cc(N)cn1CC)C1CCS(=O)(=O)C1. The van der Waals surface area contributed by atoms with E-state index in [2.05, 4.69) is 5.92 Å². The number of terminal acetylenes is 1. The third kappa shape index (κ3) is 3.22. The Balaban J connectivity index is 2.30. The number of carbonyl (C=O) groups is 1. The van der Waals surface area contributed by atoms with Crippen LogP contribution in [0.4, 0.5) is 5.69 Å². The van der Waals surface area contributed by atoms with Gasteiger partial charge in [0.1, 0.15) is 5.69 Å². The number of hydrogen-bond acceptors (Lipinski definition) is 4. The van der Waals surface area contributed by atoms with Crippen molar-refractivity contribution in [3.8, 4) is 12.3 Å². The molecule has 7 heteroatoms. The van der Waals surface area contributed by atoms with Gasteiger partial charge >= 0.3 is 0 Å². The van der Waals surface area contributed by atoms with E-state index in [0.29, 0.717) is 24.3 Å². The normalized spacial score (nSPS) is 20.1. The molecule has 1 amide bonds. The van der Waals surface area contributed by atoms with E-state index in [0.717, 1.165) is 0 Å². The standard InChI is InChI=1S/C14H19N3O3S/c1-3-6-17(12-5-7-21(19,20)10-12)14(18)13-8-11(15)9-16(13)4-2/h1,8-9,12H,4-7,10,15H2,2H3. The van der Waals surface area contributed by atoms with Gasteiger partial charge in [0, 0.05) is 18.8 Å². The minimum Gasteiger partial charge on any atom is -0.397 e. The van der Waals surface area contributed by atoms with Gasteiger partial charge < -0.3 is 15.2 Å². The summed E-state index contributed by atoms with van der Waals surface area (Å²) in [5, 5.41) is 0. The van der Waals surface area contributed by atoms with Crippen LogP contribution >= 0.6 is 0 Å². The molecule has 2 N–H and O–H groups in total. The summed E-state index contributed by atoms with van der Waals surface area (Å²) in [6.45, 7) is 2.60. The lowest BCUT2D eigenvalue weighted by atomic mass is 10.2. The minimum absolute atomic E-state index is 0.0251. The molecule has 1 aliphatic heterocycles. The second kappa shape index (κ2) is 5.82. The molecule has 0 saturated carbocycles. The number of nitrogens with two attached hydrogens (primary N) is 1. The molecular formula is C14H19N3O3S. The van der Waals surface area contributed by atoms with Crippen molar-refractivity contribution < 1.29 is 13.2 Å². The molecule has 1 aromatic heterocycles. The highest BCUT2D eigenvalue weighted by Crippen LogP contribution is 2.21. The van der Waals surface area contributed by atoms with Gasteiger partial charge in [-0.1, -0.05) is 5.92 Å². The summed E-state index contributed by atoms with van der Waals surface area (Å²) in [4.78, 5) is 14.1. The highest BCUT2D eigenvalue weighted by molar-refractivity contribution is 7.91. The molecular weight excluding hydrogens is 290 g/mol. The number of amides is 1. The molecule has 1 unspecified atom stereocenters. The van der Waals surface area contributed by atoms with Gasteiger partial charge in [-0.3, -0.25) is 4.79 Å². The van der Waals surface area contributed by atoms with E-state index in [1.807, 2.05) is 6.92 Å². The van der Waals surface area contributed by atoms with E-state index in [4.69, 9.17) is 12.2 Å². The summed E-state index contributed by atoms with van der Waals surface area (Å²) in [6, 6.07) is 1.23. The molecule has 114 valence electrons. The van der Waals surface area contributed by atoms with Crippen molar-refractivity contribution in [2.24, 2.45) is 0 Å². The summed E-state index contributed by atoms with van der Waals surface area (Å²) in [5.74, 6) is 2.24. The maximum absolute atomic E-state index is 12.7. The van der Waals surface area contributed by atoms with Gasteiger partial charge in [0.15, 0.2) is 9.84 Å². The molecule has 21 heavy (non-hydrogen) atoms. The summed E-state index contributed by atoms with van der Waals surface area (Å²) in [5.41, 5.74) is 6.67. The lowest BCUT2D eigenvalue weighted by Crippen LogP contribution is -2.42. The monoisotopic (exact) mass is 309 g/mol. The third-order valence-electron chi connectivity index (χ3n) is 3.65. The van der Waals surface area contributed by atoms with Crippen LogP contribution in [0.2, 0.25) is 0 Å². The maximum Gasteiger partial charge on any atom is 0.271 e. The van der Waals surface area contributed by atoms with E-state index >= 15 is 0 Å². The summed E-state index contributed by atoms with van der Waals surface area (Å²) in [6.07, 6.45) is 7.45. The molecule has 6 nitrogen and oxygen atoms in total. The Hall–Kier alpha value is -1.94. The van der Waals surface area contributed by atoms with E-state index in [1.165, 1.54) is 4.90 Å². The first-order valence-corrected chi connectivity index (χ1v) is 8.60. The van der Waals surface area contributed by atoms with Gasteiger partial charge in [-0.05, 0) is 19.4 Å². The largest absolute Gasteiger partial charge is 0.397 e. The molecule has 0 radical (unpaired) electrons. The van der Waals surface area contributed by atoms with Crippen LogP contribution in [-0.2, 0) is 16.4 Å². The van der Waals surface area contributed by atoms with Crippen LogP contribution in [0.5, 0.6) is 0 Å². The van der Waals surface area contributed by atoms with Gasteiger partial charge in [-0.25, -0.2) is 8.42 Å². The Morgan fingerprint density at radius 3 is 2.86 bits per heavy atom. The van der Waals surface area contributed by atoms with Crippen LogP contribution in [0.25, 0.3) is 0 Å². The second-order valence-corrected chi connectivity index (χ2v) is 7.37. The van der Waals surface area contributed by atoms with Gasteiger partial charge in [-0.15, -0.1) is 6.42 Å². The summed E-state index contributed by atoms with van der Waals surface area (Å²) in [7, 11) is -3.08. The Morgan fingerprint density at radius 2 is 2.33 bits per heavy atom. The fraction of sp³-hybridized carbons (Fsp3) is 0.500. The van der Waals surface area contributed by atoms with Gasteiger partial charge in [0.25, 0.3) is 5.91 Å². The average molecular weight is 309 g/mol. The number of anilines is 1. The fourth-order valence-electron chi connectivity index (χ4n) is 2.61. The molecule has 1 aromatic rings. The predicted molar refractivity (Wildman–Crippen MR) is 81.4 cm³/mol. The number of aromatic nitrogens is 1. The number of aryl methyl sites for hydroxylation is 1. The van der Waals surface area contributed by atoms with Crippen LogP contribution in [0, 0.1) is 12.3 Å². The van der Waals surface area contributed by atoms with E-state index in [1.54, 1.807) is 16.8 Å². The van der Waals surface area contributed by atoms with Crippen molar-refractivity contribution in [3.63, 3.8) is 0 Å². The number of hydrogen-bond donors (Lipinski definition) is 1. The summed E-state index contributed by atoms with van der Waals surface area (Å²) < 4.78 is 25.0. The maximum atomic E-state index is 12.7. The minimum atomic E-state index is -3.08. The molecule has 2 heterocycles. The molecule has 0 bridgehead atoms. The van der Waals surface area contributed by atoms with Crippen molar-refractivity contribution >= 4 is 21.4 Å². The van der Waals surface area contributed by atoms with Crippen molar-refractivity contribution in [1.29, 1.82) is 0 Å². The van der Waals surface area contributed by atoms with Gasteiger partial charge in [-0.2, -0.15) is 0 Å². The predicted octanol–water partition coefficient (Wildman–Crippen LogP) is 0.353. The van der Waals surface area contributed by atoms with Crippen LogP contribution in [-0.4, -0.2) is 47.9 Å². The topological polar surface area (TPSA) is 85.4 Å². The Morgan fingerprint density at radius 1 is 1.62 bits per heavy atom. The molecule has 0 aliphatic carbocycles. The first kappa shape index (κ1) is 15.4. The van der Waals surface area contributed by atoms with Crippen LogP contribution < -0.4 is 5.73 Å². The highest BCUT2D eigenvalue weighted by Gasteiger charge is 2.35. The number of sulfone groups is 1. The fourth-order valence-corrected chi connectivity index (χ4v) is 4.34. The zero-order valence-corrected chi connectivity index (χ0v) is 12.8. The zero-order valence-electron chi connectivity index (χ0n) is 11.9. The van der Waals surface area contributed by atoms with E-state index in [9.17, 15) is 13.2 Å². The Kier molecular flexibility index (Phi) is 4.28. The number of carbonyl (C=O) groups excluding carboxylic acids is 1. The number of nitrogen functional groups attached to an aromatic ring is 1. The molecule has 0 spiro atoms. The van der Waals surface area contributed by atoms with E-state index < -0.39 is 9.84 Å². The van der Waals surface area contributed by atoms with Crippen LogP contribution in [0.15, 0.2) is 12.3 Å². The first-order chi connectivity index (χ1) is 9.88. The molecule has 2 rings (SSSR count). The van der Waals surface area contributed by atoms with Crippen LogP contribution in [0.3, 0.4) is 0 Å². The third-order valence-corrected chi connectivity index (χ3v) is 5.40. The second-order valence-electron chi connectivity index (χ2n) is 5.14. The highest BCUT2D eigenvalue weighted by atomic mass is 32.2. The first-order valence-electron chi connectivity index (χ1n) is 6.78. The molecule has 1 saturated heterocycles. The Labute approximate surface area is 124 Å². The molecule has 1 atom stereocenters. The molecule has 1 aliphatic rings. The molecule has 0 aromatic carbocycles. The quantitative estimate of drug-likeness (QED) is 0.813. The van der Waals surface area contributed by atoms with Gasteiger partial charge in [0.05, 0.1) is 23.7 Å². The zero-order chi connectivity index (χ0) is 15.6. The van der Waals surface area contributed by atoms with Crippen molar-refractivity contribution in [2.75, 3.05) is 23.8 Å². The average Bonchev–Trinajstić information content (AvgIpc) is 2.97. The van der Waals surface area contributed by atoms with Crippen LogP contribution in [0.1, 0.15) is 23.8 Å². The molecule has 1 fully saturated rings. The van der Waals surface area contributed by atoms with Crippen molar-refractivity contribution in [1.82, 2.24) is 9.47 Å². The van der Waals surface area contributed by atoms with Crippen molar-refractivity contribution in [3.05, 3.63) is 18.0 Å². The van der Waals surface area contributed by atoms with Gasteiger partial charge in [0.2, 0.25) is 0 Å².